The molecule has 0 aliphatic heterocycles. The van der Waals surface area contributed by atoms with E-state index in [4.69, 9.17) is 9.97 Å². The lowest BCUT2D eigenvalue weighted by atomic mass is 10.1. The zero-order valence-electron chi connectivity index (χ0n) is 19.4. The van der Waals surface area contributed by atoms with Gasteiger partial charge in [-0.05, 0) is 49.6 Å². The highest BCUT2D eigenvalue weighted by molar-refractivity contribution is 8.00. The quantitative estimate of drug-likeness (QED) is 0.128. The van der Waals surface area contributed by atoms with Gasteiger partial charge in [0, 0.05) is 27.6 Å². The molecule has 0 radical (unpaired) electrons. The Bertz CT molecular complexity index is 1560. The summed E-state index contributed by atoms with van der Waals surface area (Å²) in [6.45, 7) is 3.57. The minimum Gasteiger partial charge on any atom is -0.325 e. The topological polar surface area (TPSA) is 72.0 Å². The molecular weight excluding hydrogens is 454 g/mol. The van der Waals surface area contributed by atoms with Gasteiger partial charge in [0.15, 0.2) is 11.6 Å². The maximum absolute atomic E-state index is 12.7. The number of rotatable bonds is 6. The van der Waals surface area contributed by atoms with Crippen molar-refractivity contribution in [3.8, 4) is 11.4 Å². The van der Waals surface area contributed by atoms with Crippen molar-refractivity contribution in [1.29, 1.82) is 0 Å². The fraction of sp³-hybridized carbons (Fsp3) is 0.103. The summed E-state index contributed by atoms with van der Waals surface area (Å²) in [5.41, 5.74) is 4.24. The highest BCUT2D eigenvalue weighted by Crippen LogP contribution is 2.33. The van der Waals surface area contributed by atoms with Crippen LogP contribution >= 0.6 is 11.8 Å². The molecule has 0 bridgehead atoms. The van der Waals surface area contributed by atoms with E-state index in [0.29, 0.717) is 17.1 Å². The van der Waals surface area contributed by atoms with E-state index in [1.165, 1.54) is 24.2 Å². The number of carbonyl (C=O) groups is 2. The minimum absolute atomic E-state index is 0.00836. The molecule has 5 aromatic rings. The molecular formula is C29H23N3O2S. The van der Waals surface area contributed by atoms with Gasteiger partial charge in [-0.25, -0.2) is 9.97 Å². The molecule has 0 aliphatic rings. The molecule has 0 fully saturated rings. The fourth-order valence-electron chi connectivity index (χ4n) is 3.90. The zero-order valence-corrected chi connectivity index (χ0v) is 20.2. The number of thioether (sulfide) groups is 1. The Labute approximate surface area is 207 Å². The highest BCUT2D eigenvalue weighted by atomic mass is 32.2. The largest absolute Gasteiger partial charge is 0.325 e. The van der Waals surface area contributed by atoms with Crippen LogP contribution in [0.5, 0.6) is 0 Å². The third-order valence-corrected chi connectivity index (χ3v) is 6.77. The monoisotopic (exact) mass is 477 g/mol. The molecule has 1 N–H and O–H groups in total. The number of nitrogens with one attached hydrogen (secondary N) is 1. The van der Waals surface area contributed by atoms with Crippen molar-refractivity contribution in [3.05, 3.63) is 96.1 Å². The molecule has 0 saturated carbocycles. The molecule has 4 aromatic carbocycles. The van der Waals surface area contributed by atoms with E-state index < -0.39 is 0 Å². The number of aryl methyl sites for hydroxylation is 1. The van der Waals surface area contributed by atoms with Crippen molar-refractivity contribution in [3.63, 3.8) is 0 Å². The van der Waals surface area contributed by atoms with E-state index in [9.17, 15) is 9.59 Å². The Morgan fingerprint density at radius 2 is 1.57 bits per heavy atom. The number of nitrogens with zero attached hydrogens (tertiary/aromatic N) is 2. The summed E-state index contributed by atoms with van der Waals surface area (Å²) >= 11 is 1.39. The fourth-order valence-corrected chi connectivity index (χ4v) is 4.71. The first-order valence-electron chi connectivity index (χ1n) is 11.3. The summed E-state index contributed by atoms with van der Waals surface area (Å²) in [5.74, 6) is 0.679. The molecule has 1 amide bonds. The number of carbonyl (C=O) groups excluding carboxylic acids is 2. The lowest BCUT2D eigenvalue weighted by Crippen LogP contribution is -2.14. The summed E-state index contributed by atoms with van der Waals surface area (Å²) in [6, 6.07) is 27.3. The zero-order chi connectivity index (χ0) is 24.4. The van der Waals surface area contributed by atoms with Crippen LogP contribution in [-0.4, -0.2) is 27.4 Å². The van der Waals surface area contributed by atoms with E-state index in [-0.39, 0.29) is 17.4 Å². The van der Waals surface area contributed by atoms with Gasteiger partial charge in [0.1, 0.15) is 5.03 Å². The first-order valence-corrected chi connectivity index (χ1v) is 12.3. The van der Waals surface area contributed by atoms with Crippen LogP contribution in [0.2, 0.25) is 0 Å². The second-order valence-corrected chi connectivity index (χ2v) is 9.34. The van der Waals surface area contributed by atoms with Crippen molar-refractivity contribution in [2.24, 2.45) is 0 Å². The minimum atomic E-state index is -0.144. The predicted octanol–water partition coefficient (Wildman–Crippen LogP) is 6.69. The number of benzene rings is 4. The number of amides is 1. The smallest absolute Gasteiger partial charge is 0.234 e. The van der Waals surface area contributed by atoms with Crippen LogP contribution in [0.3, 0.4) is 0 Å². The Balaban J connectivity index is 1.47. The number of aromatic nitrogens is 2. The lowest BCUT2D eigenvalue weighted by Gasteiger charge is -2.11. The molecule has 0 aliphatic carbocycles. The summed E-state index contributed by atoms with van der Waals surface area (Å²) in [7, 11) is 0. The average molecular weight is 478 g/mol. The number of hydrogen-bond acceptors (Lipinski definition) is 5. The van der Waals surface area contributed by atoms with Crippen LogP contribution in [0.25, 0.3) is 33.1 Å². The Kier molecular flexibility index (Phi) is 6.29. The third kappa shape index (κ3) is 4.93. The van der Waals surface area contributed by atoms with Gasteiger partial charge in [0.05, 0.1) is 11.3 Å². The van der Waals surface area contributed by atoms with E-state index in [1.54, 1.807) is 24.3 Å². The van der Waals surface area contributed by atoms with Gasteiger partial charge in [-0.15, -0.1) is 0 Å². The standard InChI is InChI=1S/C29H23N3O2S/c1-18-7-9-22(10-8-18)28-31-27-24-6-4-3-5-21(24)13-16-25(27)29(32-28)35-17-26(34)30-23-14-11-20(12-15-23)19(2)33/h3-16H,17H2,1-2H3,(H,30,34). The van der Waals surface area contributed by atoms with Gasteiger partial charge < -0.3 is 5.32 Å². The number of ketones is 1. The molecule has 1 heterocycles. The van der Waals surface area contributed by atoms with Crippen LogP contribution in [0.4, 0.5) is 5.69 Å². The normalized spacial score (nSPS) is 11.0. The first kappa shape index (κ1) is 22.7. The van der Waals surface area contributed by atoms with E-state index >= 15 is 0 Å². The molecule has 1 aromatic heterocycles. The maximum Gasteiger partial charge on any atom is 0.234 e. The van der Waals surface area contributed by atoms with Crippen LogP contribution < -0.4 is 5.32 Å². The Morgan fingerprint density at radius 1 is 0.829 bits per heavy atom. The van der Waals surface area contributed by atoms with Crippen molar-refractivity contribution < 1.29 is 9.59 Å². The van der Waals surface area contributed by atoms with E-state index in [2.05, 4.69) is 23.5 Å². The summed E-state index contributed by atoms with van der Waals surface area (Å²) in [6.07, 6.45) is 0. The van der Waals surface area contributed by atoms with Crippen LogP contribution in [0.1, 0.15) is 22.8 Å². The summed E-state index contributed by atoms with van der Waals surface area (Å²) in [5, 5.41) is 6.74. The third-order valence-electron chi connectivity index (χ3n) is 5.78. The van der Waals surface area contributed by atoms with Crippen LogP contribution in [-0.2, 0) is 4.79 Å². The van der Waals surface area contributed by atoms with Gasteiger partial charge in [-0.3, -0.25) is 9.59 Å². The first-order chi connectivity index (χ1) is 17.0. The Hall–Kier alpha value is -4.03. The molecule has 6 heteroatoms. The molecule has 0 spiro atoms. The SMILES string of the molecule is CC(=O)c1ccc(NC(=O)CSc2nc(-c3ccc(C)cc3)nc3c2ccc2ccccc23)cc1. The highest BCUT2D eigenvalue weighted by Gasteiger charge is 2.14. The van der Waals surface area contributed by atoms with Crippen molar-refractivity contribution in [2.45, 2.75) is 18.9 Å². The second kappa shape index (κ2) is 9.68. The number of anilines is 1. The molecule has 0 unspecified atom stereocenters. The van der Waals surface area contributed by atoms with E-state index in [1.807, 2.05) is 49.4 Å². The number of hydrogen-bond donors (Lipinski definition) is 1. The van der Waals surface area contributed by atoms with Gasteiger partial charge in [-0.2, -0.15) is 0 Å². The number of fused-ring (bicyclic) bond motifs is 3. The lowest BCUT2D eigenvalue weighted by molar-refractivity contribution is -0.113. The molecule has 0 atom stereocenters. The van der Waals surface area contributed by atoms with Crippen molar-refractivity contribution in [1.82, 2.24) is 9.97 Å². The summed E-state index contributed by atoms with van der Waals surface area (Å²) in [4.78, 5) is 34.0. The maximum atomic E-state index is 12.7. The molecule has 0 saturated heterocycles. The molecule has 35 heavy (non-hydrogen) atoms. The van der Waals surface area contributed by atoms with E-state index in [0.717, 1.165) is 32.3 Å². The van der Waals surface area contributed by atoms with Gasteiger partial charge >= 0.3 is 0 Å². The predicted molar refractivity (Wildman–Crippen MR) is 143 cm³/mol. The van der Waals surface area contributed by atoms with Crippen LogP contribution in [0.15, 0.2) is 90.0 Å². The van der Waals surface area contributed by atoms with Crippen molar-refractivity contribution >= 4 is 50.8 Å². The van der Waals surface area contributed by atoms with Gasteiger partial charge in [-0.1, -0.05) is 71.9 Å². The Morgan fingerprint density at radius 3 is 2.31 bits per heavy atom. The molecule has 5 rings (SSSR count). The van der Waals surface area contributed by atoms with Gasteiger partial charge in [0.2, 0.25) is 5.91 Å². The second-order valence-electron chi connectivity index (χ2n) is 8.37. The molecule has 172 valence electrons. The van der Waals surface area contributed by atoms with Crippen LogP contribution in [0, 0.1) is 6.92 Å². The van der Waals surface area contributed by atoms with Crippen molar-refractivity contribution in [2.75, 3.05) is 11.1 Å². The average Bonchev–Trinajstić information content (AvgIpc) is 2.87. The van der Waals surface area contributed by atoms with Gasteiger partial charge in [0.25, 0.3) is 0 Å². The summed E-state index contributed by atoms with van der Waals surface area (Å²) < 4.78 is 0. The molecule has 5 nitrogen and oxygen atoms in total. The number of Topliss-reactive ketones (excluding diaryl/α,β-unsaturated/α-hetero) is 1.